The van der Waals surface area contributed by atoms with Crippen molar-refractivity contribution in [1.29, 1.82) is 0 Å². The van der Waals surface area contributed by atoms with Crippen LogP contribution < -0.4 is 0 Å². The molecule has 106 valence electrons. The summed E-state index contributed by atoms with van der Waals surface area (Å²) in [7, 11) is 0. The maximum atomic E-state index is 13.2. The highest BCUT2D eigenvalue weighted by Gasteiger charge is 2.27. The first-order valence-electron chi connectivity index (χ1n) is 7.28. The summed E-state index contributed by atoms with van der Waals surface area (Å²) in [6, 6.07) is 6.70. The Morgan fingerprint density at radius 3 is 3.05 bits per heavy atom. The van der Waals surface area contributed by atoms with Gasteiger partial charge in [0, 0.05) is 23.5 Å². The number of piperidine rings is 1. The molecule has 0 bridgehead atoms. The van der Waals surface area contributed by atoms with Gasteiger partial charge >= 0.3 is 0 Å². The highest BCUT2D eigenvalue weighted by Crippen LogP contribution is 2.23. The van der Waals surface area contributed by atoms with Gasteiger partial charge in [-0.1, -0.05) is 6.92 Å². The highest BCUT2D eigenvalue weighted by atomic mass is 19.1. The molecule has 2 aromatic rings. The molecule has 3 nitrogen and oxygen atoms in total. The van der Waals surface area contributed by atoms with E-state index in [0.29, 0.717) is 17.3 Å². The van der Waals surface area contributed by atoms with Crippen molar-refractivity contribution in [2.75, 3.05) is 6.54 Å². The van der Waals surface area contributed by atoms with Crippen LogP contribution in [0.2, 0.25) is 0 Å². The van der Waals surface area contributed by atoms with Gasteiger partial charge < -0.3 is 9.88 Å². The summed E-state index contributed by atoms with van der Waals surface area (Å²) in [5, 5.41) is 0.875. The normalized spacial score (nSPS) is 19.5. The van der Waals surface area contributed by atoms with Crippen LogP contribution >= 0.6 is 0 Å². The van der Waals surface area contributed by atoms with Crippen LogP contribution in [0.25, 0.3) is 10.9 Å². The molecule has 1 saturated heterocycles. The largest absolute Gasteiger partial charge is 0.350 e. The van der Waals surface area contributed by atoms with Crippen molar-refractivity contribution < 1.29 is 9.18 Å². The number of aromatic nitrogens is 1. The highest BCUT2D eigenvalue weighted by molar-refractivity contribution is 5.98. The lowest BCUT2D eigenvalue weighted by atomic mass is 9.99. The number of amides is 1. The lowest BCUT2D eigenvalue weighted by Gasteiger charge is -2.35. The quantitative estimate of drug-likeness (QED) is 0.890. The van der Waals surface area contributed by atoms with Gasteiger partial charge in [0.25, 0.3) is 5.91 Å². The number of fused-ring (bicyclic) bond motifs is 1. The van der Waals surface area contributed by atoms with E-state index in [2.05, 4.69) is 11.9 Å². The van der Waals surface area contributed by atoms with E-state index in [1.165, 1.54) is 18.6 Å². The third kappa shape index (κ3) is 2.30. The molecule has 1 aromatic heterocycles. The monoisotopic (exact) mass is 274 g/mol. The van der Waals surface area contributed by atoms with Crippen LogP contribution in [-0.4, -0.2) is 28.4 Å². The number of likely N-dealkylation sites (tertiary alicyclic amines) is 1. The summed E-state index contributed by atoms with van der Waals surface area (Å²) in [6.45, 7) is 2.94. The predicted octanol–water partition coefficient (Wildman–Crippen LogP) is 3.71. The van der Waals surface area contributed by atoms with Gasteiger partial charge in [0.1, 0.15) is 11.5 Å². The fraction of sp³-hybridized carbons (Fsp3) is 0.438. The van der Waals surface area contributed by atoms with Gasteiger partial charge in [-0.15, -0.1) is 0 Å². The van der Waals surface area contributed by atoms with Crippen LogP contribution in [0.15, 0.2) is 24.3 Å². The summed E-state index contributed by atoms with van der Waals surface area (Å²) in [5.74, 6) is -0.254. The minimum absolute atomic E-state index is 0.0353. The molecule has 0 aliphatic carbocycles. The molecular formula is C16H19FN2O. The number of carbonyl (C=O) groups is 1. The zero-order valence-electron chi connectivity index (χ0n) is 11.7. The molecule has 3 rings (SSSR count). The van der Waals surface area contributed by atoms with E-state index in [1.54, 1.807) is 6.07 Å². The number of aromatic amines is 1. The smallest absolute Gasteiger partial charge is 0.270 e. The molecule has 1 aliphatic rings. The molecule has 1 unspecified atom stereocenters. The number of hydrogen-bond acceptors (Lipinski definition) is 1. The van der Waals surface area contributed by atoms with Crippen molar-refractivity contribution in [2.45, 2.75) is 38.6 Å². The average molecular weight is 274 g/mol. The molecule has 1 aromatic carbocycles. The summed E-state index contributed by atoms with van der Waals surface area (Å²) in [4.78, 5) is 17.6. The molecule has 1 N–H and O–H groups in total. The number of nitrogens with zero attached hydrogens (tertiary/aromatic N) is 1. The van der Waals surface area contributed by atoms with Gasteiger partial charge in [-0.05, 0) is 49.9 Å². The zero-order valence-corrected chi connectivity index (χ0v) is 11.7. The lowest BCUT2D eigenvalue weighted by molar-refractivity contribution is 0.0603. The van der Waals surface area contributed by atoms with Crippen molar-refractivity contribution in [1.82, 2.24) is 9.88 Å². The number of hydrogen-bond donors (Lipinski definition) is 1. The minimum Gasteiger partial charge on any atom is -0.350 e. The zero-order chi connectivity index (χ0) is 14.1. The van der Waals surface area contributed by atoms with Crippen LogP contribution in [0, 0.1) is 5.82 Å². The van der Waals surface area contributed by atoms with E-state index in [9.17, 15) is 9.18 Å². The Hall–Kier alpha value is -1.84. The molecule has 0 saturated carbocycles. The van der Waals surface area contributed by atoms with E-state index >= 15 is 0 Å². The second kappa shape index (κ2) is 5.27. The van der Waals surface area contributed by atoms with Crippen LogP contribution in [0.3, 0.4) is 0 Å². The van der Waals surface area contributed by atoms with Gasteiger partial charge in [-0.2, -0.15) is 0 Å². The number of halogens is 1. The minimum atomic E-state index is -0.289. The van der Waals surface area contributed by atoms with Crippen LogP contribution in [-0.2, 0) is 0 Å². The van der Waals surface area contributed by atoms with Crippen molar-refractivity contribution in [3.05, 3.63) is 35.8 Å². The van der Waals surface area contributed by atoms with E-state index in [-0.39, 0.29) is 11.7 Å². The second-order valence-electron chi connectivity index (χ2n) is 5.47. The summed E-state index contributed by atoms with van der Waals surface area (Å²) >= 11 is 0. The van der Waals surface area contributed by atoms with Crippen LogP contribution in [0.1, 0.15) is 43.1 Å². The first-order chi connectivity index (χ1) is 9.69. The van der Waals surface area contributed by atoms with E-state index < -0.39 is 0 Å². The Kier molecular flexibility index (Phi) is 3.47. The molecule has 20 heavy (non-hydrogen) atoms. The fourth-order valence-electron chi connectivity index (χ4n) is 3.06. The SMILES string of the molecule is CCC1CCCCN1C(=O)c1cc2ccc(F)cc2[nH]1. The lowest BCUT2D eigenvalue weighted by Crippen LogP contribution is -2.43. The Bertz CT molecular complexity index is 634. The maximum Gasteiger partial charge on any atom is 0.270 e. The second-order valence-corrected chi connectivity index (χ2v) is 5.47. The van der Waals surface area contributed by atoms with Crippen LogP contribution in [0.5, 0.6) is 0 Å². The third-order valence-electron chi connectivity index (χ3n) is 4.17. The first-order valence-corrected chi connectivity index (χ1v) is 7.28. The number of H-pyrrole nitrogens is 1. The van der Waals surface area contributed by atoms with E-state index in [1.807, 2.05) is 11.0 Å². The Morgan fingerprint density at radius 2 is 2.25 bits per heavy atom. The van der Waals surface area contributed by atoms with Crippen molar-refractivity contribution >= 4 is 16.8 Å². The van der Waals surface area contributed by atoms with E-state index in [4.69, 9.17) is 0 Å². The predicted molar refractivity (Wildman–Crippen MR) is 77.2 cm³/mol. The number of carbonyl (C=O) groups excluding carboxylic acids is 1. The molecule has 1 amide bonds. The van der Waals surface area contributed by atoms with Gasteiger partial charge in [-0.25, -0.2) is 4.39 Å². The standard InChI is InChI=1S/C16H19FN2O/c1-2-13-5-3-4-8-19(13)16(20)15-9-11-6-7-12(17)10-14(11)18-15/h6-7,9-10,13,18H,2-5,8H2,1H3. The Labute approximate surface area is 117 Å². The van der Waals surface area contributed by atoms with Crippen molar-refractivity contribution in [2.24, 2.45) is 0 Å². The molecule has 0 radical (unpaired) electrons. The first kappa shape index (κ1) is 13.2. The summed E-state index contributed by atoms with van der Waals surface area (Å²) in [5.41, 5.74) is 1.24. The van der Waals surface area contributed by atoms with Crippen molar-refractivity contribution in [3.8, 4) is 0 Å². The fourth-order valence-corrected chi connectivity index (χ4v) is 3.06. The van der Waals surface area contributed by atoms with Crippen molar-refractivity contribution in [3.63, 3.8) is 0 Å². The molecule has 2 heterocycles. The molecule has 1 fully saturated rings. The molecule has 1 atom stereocenters. The van der Waals surface area contributed by atoms with Gasteiger partial charge in [0.15, 0.2) is 0 Å². The Balaban J connectivity index is 1.91. The topological polar surface area (TPSA) is 36.1 Å². The van der Waals surface area contributed by atoms with Crippen LogP contribution in [0.4, 0.5) is 4.39 Å². The number of rotatable bonds is 2. The Morgan fingerprint density at radius 1 is 1.40 bits per heavy atom. The van der Waals surface area contributed by atoms with Gasteiger partial charge in [0.2, 0.25) is 0 Å². The number of benzene rings is 1. The van der Waals surface area contributed by atoms with Gasteiger partial charge in [0.05, 0.1) is 0 Å². The summed E-state index contributed by atoms with van der Waals surface area (Å²) < 4.78 is 13.2. The average Bonchev–Trinajstić information content (AvgIpc) is 2.89. The molecule has 1 aliphatic heterocycles. The molecule has 4 heteroatoms. The third-order valence-corrected chi connectivity index (χ3v) is 4.17. The number of nitrogens with one attached hydrogen (secondary N) is 1. The molecular weight excluding hydrogens is 255 g/mol. The van der Waals surface area contributed by atoms with Gasteiger partial charge in [-0.3, -0.25) is 4.79 Å². The van der Waals surface area contributed by atoms with E-state index in [0.717, 1.165) is 31.2 Å². The maximum absolute atomic E-state index is 13.2. The molecule has 0 spiro atoms. The summed E-state index contributed by atoms with van der Waals surface area (Å²) in [6.07, 6.45) is 4.33.